The van der Waals surface area contributed by atoms with Crippen molar-refractivity contribution >= 4 is 21.9 Å². The van der Waals surface area contributed by atoms with Crippen molar-refractivity contribution in [3.63, 3.8) is 0 Å². The number of nitrogens with zero attached hydrogens (tertiary/aromatic N) is 1. The van der Waals surface area contributed by atoms with Gasteiger partial charge in [0.1, 0.15) is 0 Å². The van der Waals surface area contributed by atoms with Crippen LogP contribution in [0, 0.1) is 0 Å². The average Bonchev–Trinajstić information content (AvgIpc) is 1.85. The van der Waals surface area contributed by atoms with Gasteiger partial charge < -0.3 is 5.11 Å². The van der Waals surface area contributed by atoms with Crippen molar-refractivity contribution in [1.82, 2.24) is 10.2 Å². The number of rotatable bonds is 1. The van der Waals surface area contributed by atoms with E-state index in [2.05, 4.69) is 21.0 Å². The summed E-state index contributed by atoms with van der Waals surface area (Å²) in [4.78, 5) is 20.8. The van der Waals surface area contributed by atoms with E-state index < -0.39 is 11.5 Å². The Hall–Kier alpha value is -1.17. The summed E-state index contributed by atoms with van der Waals surface area (Å²) in [6, 6.07) is 1.11. The van der Waals surface area contributed by atoms with Gasteiger partial charge in [0.05, 0.1) is 4.47 Å². The number of halogens is 1. The summed E-state index contributed by atoms with van der Waals surface area (Å²) in [6.07, 6.45) is 0. The molecule has 1 heterocycles. The van der Waals surface area contributed by atoms with Gasteiger partial charge in [-0.15, -0.1) is 0 Å². The normalized spacial score (nSPS) is 9.55. The lowest BCUT2D eigenvalue weighted by Gasteiger charge is -1.93. The molecule has 0 fully saturated rings. The van der Waals surface area contributed by atoms with Crippen LogP contribution < -0.4 is 5.56 Å². The lowest BCUT2D eigenvalue weighted by molar-refractivity contribution is 0.0688. The molecule has 1 aromatic heterocycles. The maximum atomic E-state index is 10.5. The molecule has 0 aliphatic carbocycles. The van der Waals surface area contributed by atoms with Crippen molar-refractivity contribution < 1.29 is 9.90 Å². The molecule has 0 aromatic carbocycles. The minimum absolute atomic E-state index is 0.175. The van der Waals surface area contributed by atoms with Gasteiger partial charge in [0.2, 0.25) is 0 Å². The number of hydrogen-bond donors (Lipinski definition) is 2. The number of aromatic carboxylic acids is 1. The molecule has 5 nitrogen and oxygen atoms in total. The van der Waals surface area contributed by atoms with Crippen LogP contribution in [0.5, 0.6) is 0 Å². The molecular formula is C5H3BrN2O3. The molecule has 1 rings (SSSR count). The minimum atomic E-state index is -1.19. The molecule has 0 saturated heterocycles. The summed E-state index contributed by atoms with van der Waals surface area (Å²) >= 11 is 2.88. The first-order valence-electron chi connectivity index (χ1n) is 2.60. The lowest BCUT2D eigenvalue weighted by atomic mass is 10.4. The molecular weight excluding hydrogens is 216 g/mol. The van der Waals surface area contributed by atoms with Crippen molar-refractivity contribution in [3.8, 4) is 0 Å². The van der Waals surface area contributed by atoms with Crippen LogP contribution in [-0.4, -0.2) is 21.3 Å². The molecule has 2 N–H and O–H groups in total. The highest BCUT2D eigenvalue weighted by atomic mass is 79.9. The molecule has 0 saturated carbocycles. The number of nitrogens with one attached hydrogen (secondary N) is 1. The van der Waals surface area contributed by atoms with Gasteiger partial charge >= 0.3 is 5.97 Å². The molecule has 58 valence electrons. The molecule has 0 unspecified atom stereocenters. The van der Waals surface area contributed by atoms with Gasteiger partial charge in [-0.1, -0.05) is 0 Å². The number of aromatic amines is 1. The van der Waals surface area contributed by atoms with Gasteiger partial charge in [0.25, 0.3) is 5.56 Å². The predicted molar refractivity (Wildman–Crippen MR) is 39.5 cm³/mol. The fourth-order valence-electron chi connectivity index (χ4n) is 0.530. The van der Waals surface area contributed by atoms with E-state index in [1.54, 1.807) is 0 Å². The molecule has 0 atom stereocenters. The van der Waals surface area contributed by atoms with Crippen LogP contribution in [0.15, 0.2) is 15.3 Å². The van der Waals surface area contributed by atoms with E-state index in [4.69, 9.17) is 5.11 Å². The summed E-state index contributed by atoms with van der Waals surface area (Å²) in [5.41, 5.74) is -0.647. The second-order valence-corrected chi connectivity index (χ2v) is 2.59. The number of hydrogen-bond acceptors (Lipinski definition) is 3. The fraction of sp³-hybridized carbons (Fsp3) is 0. The molecule has 0 radical (unpaired) electrons. The molecule has 0 bridgehead atoms. The van der Waals surface area contributed by atoms with Crippen LogP contribution in [0.1, 0.15) is 10.5 Å². The summed E-state index contributed by atoms with van der Waals surface area (Å²) < 4.78 is 0.175. The Morgan fingerprint density at radius 1 is 1.73 bits per heavy atom. The number of aromatic nitrogens is 2. The smallest absolute Gasteiger partial charge is 0.357 e. The minimum Gasteiger partial charge on any atom is -0.476 e. The summed E-state index contributed by atoms with van der Waals surface area (Å²) in [7, 11) is 0. The number of H-pyrrole nitrogens is 1. The Labute approximate surface area is 69.2 Å². The van der Waals surface area contributed by atoms with E-state index in [9.17, 15) is 9.59 Å². The SMILES string of the molecule is O=C(O)c1n[nH]c(=O)cc1Br. The van der Waals surface area contributed by atoms with Crippen molar-refractivity contribution in [2.75, 3.05) is 0 Å². The molecule has 0 aliphatic heterocycles. The standard InChI is InChI=1S/C5H3BrN2O3/c6-2-1-3(9)7-8-4(2)5(10)11/h1H,(H,7,9)(H,10,11). The maximum Gasteiger partial charge on any atom is 0.357 e. The Morgan fingerprint density at radius 3 is 2.82 bits per heavy atom. The zero-order valence-corrected chi connectivity index (χ0v) is 6.75. The topological polar surface area (TPSA) is 83.0 Å². The van der Waals surface area contributed by atoms with Gasteiger partial charge in [0, 0.05) is 6.07 Å². The zero-order valence-electron chi connectivity index (χ0n) is 5.17. The third-order valence-corrected chi connectivity index (χ3v) is 1.57. The van der Waals surface area contributed by atoms with Gasteiger partial charge in [-0.3, -0.25) is 4.79 Å². The number of carbonyl (C=O) groups is 1. The van der Waals surface area contributed by atoms with Crippen LogP contribution in [0.25, 0.3) is 0 Å². The quantitative estimate of drug-likeness (QED) is 0.708. The molecule has 0 spiro atoms. The molecule has 0 aliphatic rings. The Bertz CT molecular complexity index is 346. The van der Waals surface area contributed by atoms with Gasteiger partial charge in [-0.25, -0.2) is 9.89 Å². The first-order valence-corrected chi connectivity index (χ1v) is 3.39. The van der Waals surface area contributed by atoms with E-state index in [-0.39, 0.29) is 10.2 Å². The van der Waals surface area contributed by atoms with Crippen molar-refractivity contribution in [2.45, 2.75) is 0 Å². The molecule has 0 amide bonds. The first-order chi connectivity index (χ1) is 5.11. The maximum absolute atomic E-state index is 10.5. The fourth-order valence-corrected chi connectivity index (χ4v) is 0.996. The summed E-state index contributed by atoms with van der Waals surface area (Å²) in [5.74, 6) is -1.19. The van der Waals surface area contributed by atoms with Crippen LogP contribution in [-0.2, 0) is 0 Å². The van der Waals surface area contributed by atoms with Gasteiger partial charge in [0.15, 0.2) is 5.69 Å². The highest BCUT2D eigenvalue weighted by Crippen LogP contribution is 2.09. The monoisotopic (exact) mass is 218 g/mol. The Kier molecular flexibility index (Phi) is 2.04. The highest BCUT2D eigenvalue weighted by molar-refractivity contribution is 9.10. The van der Waals surface area contributed by atoms with Crippen molar-refractivity contribution in [1.29, 1.82) is 0 Å². The van der Waals surface area contributed by atoms with Crippen molar-refractivity contribution in [2.24, 2.45) is 0 Å². The molecule has 6 heteroatoms. The van der Waals surface area contributed by atoms with Crippen LogP contribution >= 0.6 is 15.9 Å². The molecule has 1 aromatic rings. The van der Waals surface area contributed by atoms with E-state index in [1.807, 2.05) is 5.10 Å². The average molecular weight is 219 g/mol. The first kappa shape index (κ1) is 7.93. The lowest BCUT2D eigenvalue weighted by Crippen LogP contribution is -2.12. The highest BCUT2D eigenvalue weighted by Gasteiger charge is 2.09. The van der Waals surface area contributed by atoms with E-state index in [0.29, 0.717) is 0 Å². The van der Waals surface area contributed by atoms with Crippen LogP contribution in [0.2, 0.25) is 0 Å². The van der Waals surface area contributed by atoms with E-state index in [0.717, 1.165) is 6.07 Å². The Morgan fingerprint density at radius 2 is 2.36 bits per heavy atom. The number of carboxylic acid groups (broad SMARTS) is 1. The van der Waals surface area contributed by atoms with Gasteiger partial charge in [-0.2, -0.15) is 5.10 Å². The van der Waals surface area contributed by atoms with E-state index >= 15 is 0 Å². The number of carboxylic acids is 1. The summed E-state index contributed by atoms with van der Waals surface area (Å²) in [5, 5.41) is 13.7. The van der Waals surface area contributed by atoms with Gasteiger partial charge in [-0.05, 0) is 15.9 Å². The second kappa shape index (κ2) is 2.83. The zero-order chi connectivity index (χ0) is 8.43. The van der Waals surface area contributed by atoms with Crippen LogP contribution in [0.3, 0.4) is 0 Å². The van der Waals surface area contributed by atoms with Crippen LogP contribution in [0.4, 0.5) is 0 Å². The summed E-state index contributed by atoms with van der Waals surface area (Å²) in [6.45, 7) is 0. The third-order valence-electron chi connectivity index (χ3n) is 0.965. The predicted octanol–water partition coefficient (Wildman–Crippen LogP) is 0.231. The van der Waals surface area contributed by atoms with E-state index in [1.165, 1.54) is 0 Å². The molecule has 11 heavy (non-hydrogen) atoms. The second-order valence-electron chi connectivity index (χ2n) is 1.73. The van der Waals surface area contributed by atoms with Crippen molar-refractivity contribution in [3.05, 3.63) is 26.6 Å². The Balaban J connectivity index is 3.31. The largest absolute Gasteiger partial charge is 0.476 e. The third kappa shape index (κ3) is 1.64.